The molecule has 0 aliphatic carbocycles. The number of benzene rings is 5. The number of unbranched alkanes of at least 4 members (excludes halogenated alkanes) is 4. The van der Waals surface area contributed by atoms with Crippen LogP contribution in [0.4, 0.5) is 0 Å². The van der Waals surface area contributed by atoms with Crippen molar-refractivity contribution in [3.63, 3.8) is 0 Å². The number of rotatable bonds is 22. The second-order valence-corrected chi connectivity index (χ2v) is 34.9. The molecule has 0 atom stereocenters. The fourth-order valence-corrected chi connectivity index (χ4v) is 24.1. The Morgan fingerprint density at radius 3 is 0.705 bits per heavy atom. The predicted octanol–water partition coefficient (Wildman–Crippen LogP) is 18.0. The van der Waals surface area contributed by atoms with Crippen molar-refractivity contribution in [1.29, 1.82) is 0 Å². The van der Waals surface area contributed by atoms with E-state index < -0.39 is 40.0 Å². The van der Waals surface area contributed by atoms with Crippen molar-refractivity contribution in [3.8, 4) is 22.9 Å². The maximum atomic E-state index is 14.4. The molecular formula is C68H94O8Si2. The molecule has 5 aromatic carbocycles. The van der Waals surface area contributed by atoms with Crippen molar-refractivity contribution < 1.29 is 38.1 Å². The summed E-state index contributed by atoms with van der Waals surface area (Å²) < 4.78 is 22.4. The zero-order valence-electron chi connectivity index (χ0n) is 51.5. The molecule has 0 amide bonds. The Labute approximate surface area is 471 Å². The molecule has 0 saturated carbocycles. The molecule has 5 aromatic rings. The van der Waals surface area contributed by atoms with Crippen LogP contribution in [0.2, 0.25) is 33.2 Å². The van der Waals surface area contributed by atoms with Crippen molar-refractivity contribution in [3.05, 3.63) is 79.9 Å². The zero-order valence-corrected chi connectivity index (χ0v) is 53.5. The molecule has 0 heterocycles. The van der Waals surface area contributed by atoms with E-state index in [1.165, 1.54) is 28.4 Å². The number of ether oxygens (including phenoxy) is 4. The summed E-state index contributed by atoms with van der Waals surface area (Å²) >= 11 is 0. The number of hydrogen-bond acceptors (Lipinski definition) is 8. The van der Waals surface area contributed by atoms with Crippen LogP contribution in [0.25, 0.3) is 43.1 Å². The van der Waals surface area contributed by atoms with Crippen molar-refractivity contribution >= 4 is 83.1 Å². The minimum Gasteiger partial charge on any atom is -0.465 e. The van der Waals surface area contributed by atoms with Gasteiger partial charge in [0.05, 0.1) is 50.7 Å². The van der Waals surface area contributed by atoms with Crippen LogP contribution < -0.4 is 0 Å². The Bertz CT molecular complexity index is 2770. The van der Waals surface area contributed by atoms with Crippen LogP contribution in [0.1, 0.15) is 237 Å². The standard InChI is InChI=1S/C68H94O8Si2/c1-21-25-29-49-57-37-53-47(33-35-77(41(5)6,42(7)8)43(9)10)55-39-59-51(31-27-23-3)63(67(71)75-19)64(68(72)76-20)52(32-28-24-4)60(59)40-56(55)48(34-36-78(44(11)12,45(13)14)46(15)16)54(53)38-58(57)50(30-26-22-2)62(66(70)74-18)61(49)65(69)73-17/h37-46H,21-32H2,1-20H3. The van der Waals surface area contributed by atoms with Crippen LogP contribution >= 0.6 is 0 Å². The molecule has 78 heavy (non-hydrogen) atoms. The smallest absolute Gasteiger partial charge is 0.339 e. The van der Waals surface area contributed by atoms with E-state index in [1.54, 1.807) is 0 Å². The maximum absolute atomic E-state index is 14.4. The molecule has 8 nitrogen and oxygen atoms in total. The van der Waals surface area contributed by atoms with Gasteiger partial charge in [-0.1, -0.05) is 148 Å². The number of hydrogen-bond donors (Lipinski definition) is 0. The fraction of sp³-hybridized carbons (Fsp3) is 0.559. The van der Waals surface area contributed by atoms with E-state index in [4.69, 9.17) is 18.9 Å². The molecule has 5 rings (SSSR count). The Morgan fingerprint density at radius 1 is 0.359 bits per heavy atom. The van der Waals surface area contributed by atoms with Gasteiger partial charge in [0.15, 0.2) is 0 Å². The van der Waals surface area contributed by atoms with Gasteiger partial charge in [-0.05, 0) is 174 Å². The minimum absolute atomic E-state index is 0.263. The summed E-state index contributed by atoms with van der Waals surface area (Å²) in [6, 6.07) is 9.01. The number of esters is 4. The molecule has 0 saturated heterocycles. The van der Waals surface area contributed by atoms with Crippen LogP contribution in [0.3, 0.4) is 0 Å². The Balaban J connectivity index is 2.45. The lowest BCUT2D eigenvalue weighted by atomic mass is 9.80. The van der Waals surface area contributed by atoms with Gasteiger partial charge in [-0.2, -0.15) is 0 Å². The second kappa shape index (κ2) is 27.2. The van der Waals surface area contributed by atoms with Gasteiger partial charge in [0, 0.05) is 11.1 Å². The average molecular weight is 1100 g/mol. The van der Waals surface area contributed by atoms with E-state index in [0.29, 0.717) is 58.9 Å². The lowest BCUT2D eigenvalue weighted by Crippen LogP contribution is -2.43. The third-order valence-corrected chi connectivity index (χ3v) is 30.2. The second-order valence-electron chi connectivity index (χ2n) is 23.7. The van der Waals surface area contributed by atoms with E-state index in [0.717, 1.165) is 128 Å². The van der Waals surface area contributed by atoms with Crippen LogP contribution in [0, 0.1) is 22.9 Å². The first-order valence-corrected chi connectivity index (χ1v) is 33.9. The van der Waals surface area contributed by atoms with Gasteiger partial charge in [-0.25, -0.2) is 19.2 Å². The molecule has 0 spiro atoms. The van der Waals surface area contributed by atoms with Crippen LogP contribution in [-0.4, -0.2) is 68.5 Å². The Hall–Kier alpha value is -5.43. The van der Waals surface area contributed by atoms with E-state index in [-0.39, 0.29) is 22.3 Å². The molecule has 10 heteroatoms. The predicted molar refractivity (Wildman–Crippen MR) is 332 cm³/mol. The van der Waals surface area contributed by atoms with E-state index >= 15 is 0 Å². The third kappa shape index (κ3) is 11.7. The number of methoxy groups -OCH3 is 4. The van der Waals surface area contributed by atoms with E-state index in [2.05, 4.69) is 158 Å². The summed E-state index contributed by atoms with van der Waals surface area (Å²) in [5.74, 6) is 5.81. The zero-order chi connectivity index (χ0) is 58.1. The number of fused-ring (bicyclic) bond motifs is 4. The summed E-state index contributed by atoms with van der Waals surface area (Å²) in [5, 5.41) is 7.19. The highest BCUT2D eigenvalue weighted by molar-refractivity contribution is 6.91. The van der Waals surface area contributed by atoms with Crippen molar-refractivity contribution in [2.45, 2.75) is 221 Å². The van der Waals surface area contributed by atoms with Crippen molar-refractivity contribution in [2.75, 3.05) is 28.4 Å². The summed E-state index contributed by atoms with van der Waals surface area (Å²) in [6.45, 7) is 36.5. The molecule has 0 aromatic heterocycles. The first-order chi connectivity index (χ1) is 37.0. The maximum Gasteiger partial charge on any atom is 0.339 e. The first kappa shape index (κ1) is 63.4. The average Bonchev–Trinajstić information content (AvgIpc) is 3.58. The molecule has 422 valence electrons. The number of carbonyl (C=O) groups excluding carboxylic acids is 4. The highest BCUT2D eigenvalue weighted by atomic mass is 28.3. The molecule has 0 N–H and O–H groups in total. The number of carbonyl (C=O) groups is 4. The van der Waals surface area contributed by atoms with Gasteiger partial charge < -0.3 is 18.9 Å². The quantitative estimate of drug-likeness (QED) is 0.0222. The lowest BCUT2D eigenvalue weighted by Gasteiger charge is -2.38. The monoisotopic (exact) mass is 1090 g/mol. The van der Waals surface area contributed by atoms with Gasteiger partial charge in [-0.15, -0.1) is 11.1 Å². The summed E-state index contributed by atoms with van der Waals surface area (Å²) in [7, 11) is 0.707. The normalized spacial score (nSPS) is 12.1. The van der Waals surface area contributed by atoms with Crippen LogP contribution in [0.15, 0.2) is 24.3 Å². The molecule has 0 unspecified atom stereocenters. The van der Waals surface area contributed by atoms with Crippen LogP contribution in [0.5, 0.6) is 0 Å². The summed E-state index contributed by atoms with van der Waals surface area (Å²) in [5.41, 5.74) is 16.2. The minimum atomic E-state index is -2.40. The summed E-state index contributed by atoms with van der Waals surface area (Å²) in [6.07, 6.45) is 8.65. The molecule has 0 aliphatic heterocycles. The molecule has 0 fully saturated rings. The third-order valence-electron chi connectivity index (χ3n) is 17.6. The van der Waals surface area contributed by atoms with Crippen LogP contribution in [-0.2, 0) is 44.6 Å². The van der Waals surface area contributed by atoms with E-state index in [9.17, 15) is 19.2 Å². The lowest BCUT2D eigenvalue weighted by molar-refractivity contribution is 0.0553. The van der Waals surface area contributed by atoms with Gasteiger partial charge in [0.2, 0.25) is 0 Å². The van der Waals surface area contributed by atoms with Gasteiger partial charge >= 0.3 is 23.9 Å². The fourth-order valence-electron chi connectivity index (χ4n) is 13.7. The number of aryl methyl sites for hydroxylation is 4. The Kier molecular flexibility index (Phi) is 22.1. The SMILES string of the molecule is CCCCc1c(C(=O)OC)c(C(=O)OC)c(CCCC)c2cc3c(C#C[Si](C(C)C)(C(C)C)C(C)C)c4cc5c(CCCC)c(C(=O)OC)c(C(=O)OC)c(CCCC)c5cc4c(C#C[Si](C(C)C)(C(C)C)C(C)C)c3cc12. The largest absolute Gasteiger partial charge is 0.465 e. The van der Waals surface area contributed by atoms with Crippen molar-refractivity contribution in [2.24, 2.45) is 0 Å². The molecule has 0 aliphatic rings. The first-order valence-electron chi connectivity index (χ1n) is 29.5. The molecular weight excluding hydrogens is 1000 g/mol. The topological polar surface area (TPSA) is 105 Å². The molecule has 0 bridgehead atoms. The molecule has 0 radical (unpaired) electrons. The van der Waals surface area contributed by atoms with Gasteiger partial charge in [0.1, 0.15) is 16.1 Å². The Morgan fingerprint density at radius 2 is 0.551 bits per heavy atom. The van der Waals surface area contributed by atoms with Crippen molar-refractivity contribution in [1.82, 2.24) is 0 Å². The van der Waals surface area contributed by atoms with E-state index in [1.807, 2.05) is 0 Å². The van der Waals surface area contributed by atoms with Gasteiger partial charge in [-0.3, -0.25) is 0 Å². The highest BCUT2D eigenvalue weighted by Crippen LogP contribution is 2.47. The highest BCUT2D eigenvalue weighted by Gasteiger charge is 2.43. The van der Waals surface area contributed by atoms with Gasteiger partial charge in [0.25, 0.3) is 0 Å². The summed E-state index contributed by atoms with van der Waals surface area (Å²) in [4.78, 5) is 57.6.